The molecular formula is C33H26ClN3O5S2. The number of fused-ring (bicyclic) bond motifs is 9. The van der Waals surface area contributed by atoms with Crippen LogP contribution in [-0.2, 0) is 14.4 Å². The summed E-state index contributed by atoms with van der Waals surface area (Å²) in [7, 11) is 0. The highest BCUT2D eigenvalue weighted by Gasteiger charge is 2.69. The number of nitrogens with zero attached hydrogens (tertiary/aromatic N) is 1. The number of nitrogens with one attached hydrogen (secondary N) is 2. The molecule has 11 heteroatoms. The van der Waals surface area contributed by atoms with Crippen molar-refractivity contribution in [1.29, 1.82) is 0 Å². The van der Waals surface area contributed by atoms with Gasteiger partial charge in [0.1, 0.15) is 5.75 Å². The molecule has 3 fully saturated rings. The predicted molar refractivity (Wildman–Crippen MR) is 169 cm³/mol. The fourth-order valence-electron chi connectivity index (χ4n) is 7.87. The van der Waals surface area contributed by atoms with Crippen molar-refractivity contribution in [2.75, 3.05) is 16.8 Å². The first kappa shape index (κ1) is 27.7. The minimum Gasteiger partial charge on any atom is -0.484 e. The molecule has 44 heavy (non-hydrogen) atoms. The summed E-state index contributed by atoms with van der Waals surface area (Å²) in [6.07, 6.45) is 0.831. The van der Waals surface area contributed by atoms with E-state index in [0.717, 1.165) is 21.9 Å². The number of thiazole rings is 1. The third-order valence-corrected chi connectivity index (χ3v) is 12.3. The van der Waals surface area contributed by atoms with Crippen LogP contribution < -0.4 is 19.8 Å². The topological polar surface area (TPSA) is 109 Å². The molecule has 4 aromatic rings. The number of imide groups is 1. The summed E-state index contributed by atoms with van der Waals surface area (Å²) in [5, 5.41) is 4.35. The number of anilines is 2. The van der Waals surface area contributed by atoms with E-state index >= 15 is 0 Å². The molecule has 2 N–H and O–H groups in total. The summed E-state index contributed by atoms with van der Waals surface area (Å²) in [6, 6.07) is 23.7. The average Bonchev–Trinajstić information content (AvgIpc) is 3.77. The number of benzene rings is 3. The molecule has 7 atom stereocenters. The van der Waals surface area contributed by atoms with E-state index < -0.39 is 0 Å². The van der Waals surface area contributed by atoms with Crippen molar-refractivity contribution in [2.45, 2.75) is 22.6 Å². The smallest absolute Gasteiger partial charge is 0.305 e. The summed E-state index contributed by atoms with van der Waals surface area (Å²) in [4.78, 5) is 57.9. The van der Waals surface area contributed by atoms with E-state index in [-0.39, 0.29) is 70.0 Å². The zero-order chi connectivity index (χ0) is 30.1. The molecule has 2 saturated carbocycles. The summed E-state index contributed by atoms with van der Waals surface area (Å²) in [5.74, 6) is -0.507. The lowest BCUT2D eigenvalue weighted by Crippen LogP contribution is -2.42. The lowest BCUT2D eigenvalue weighted by atomic mass is 9.68. The standard InChI is InChI=1S/C33H26ClN3O5S2/c34-17-8-10-18(11-9-17)35-23(38)15-42-20-12-6-16(7-13-20)24-25-21-14-22(28(25)43-30-29(24)44-33(41)36-30)27-26(21)31(39)37(32(27)40)19-4-2-1-3-5-19/h1-13,21-22,24-28H,14-15H2,(H,35,38)(H,36,41)/t21-,22-,24-,25?,26?,27?,28?/m1/s1. The number of hydrogen-bond donors (Lipinski definition) is 2. The Morgan fingerprint density at radius 1 is 0.932 bits per heavy atom. The van der Waals surface area contributed by atoms with E-state index in [2.05, 4.69) is 10.3 Å². The van der Waals surface area contributed by atoms with E-state index in [4.69, 9.17) is 16.3 Å². The van der Waals surface area contributed by atoms with Crippen molar-refractivity contribution in [2.24, 2.45) is 29.6 Å². The number of H-pyrrole nitrogens is 1. The summed E-state index contributed by atoms with van der Waals surface area (Å²) in [5.41, 5.74) is 2.28. The van der Waals surface area contributed by atoms with Gasteiger partial charge in [-0.3, -0.25) is 24.1 Å². The predicted octanol–water partition coefficient (Wildman–Crippen LogP) is 5.79. The van der Waals surface area contributed by atoms with Crippen molar-refractivity contribution >= 4 is 63.8 Å². The number of aromatic nitrogens is 1. The molecule has 3 heterocycles. The first-order valence-corrected chi connectivity index (χ1v) is 16.6. The van der Waals surface area contributed by atoms with Gasteiger partial charge in [-0.25, -0.2) is 0 Å². The molecular weight excluding hydrogens is 618 g/mol. The third kappa shape index (κ3) is 4.42. The van der Waals surface area contributed by atoms with Gasteiger partial charge in [-0.15, -0.1) is 11.8 Å². The van der Waals surface area contributed by atoms with E-state index in [0.29, 0.717) is 22.1 Å². The molecule has 4 unspecified atom stereocenters. The van der Waals surface area contributed by atoms with Gasteiger partial charge >= 0.3 is 4.87 Å². The third-order valence-electron chi connectivity index (χ3n) is 9.48. The SMILES string of the molecule is O=C(COc1ccc([C@H]2c3sc(=O)[nH]c3SC3C2[C@H]2C[C@@H]3C3C(=O)N(c4ccccc4)C(=O)C32)cc1)Nc1ccc(Cl)cc1. The maximum Gasteiger partial charge on any atom is 0.305 e. The number of hydrogen-bond acceptors (Lipinski definition) is 7. The monoisotopic (exact) mass is 643 g/mol. The van der Waals surface area contributed by atoms with Crippen molar-refractivity contribution in [1.82, 2.24) is 4.98 Å². The van der Waals surface area contributed by atoms with Crippen LogP contribution >= 0.6 is 34.7 Å². The van der Waals surface area contributed by atoms with Crippen LogP contribution in [0.5, 0.6) is 5.75 Å². The Balaban J connectivity index is 1.05. The van der Waals surface area contributed by atoms with E-state index in [1.165, 1.54) is 16.2 Å². The molecule has 4 aliphatic rings. The minimum absolute atomic E-state index is 0.0375. The molecule has 8 rings (SSSR count). The van der Waals surface area contributed by atoms with Gasteiger partial charge in [0.05, 0.1) is 22.5 Å². The highest BCUT2D eigenvalue weighted by atomic mass is 35.5. The van der Waals surface area contributed by atoms with Crippen LogP contribution in [-0.4, -0.2) is 34.6 Å². The normalized spacial score (nSPS) is 28.0. The maximum absolute atomic E-state index is 13.8. The number of halogens is 1. The van der Waals surface area contributed by atoms with Gasteiger partial charge in [0.15, 0.2) is 6.61 Å². The first-order chi connectivity index (χ1) is 21.4. The number of aromatic amines is 1. The highest BCUT2D eigenvalue weighted by molar-refractivity contribution is 8.00. The van der Waals surface area contributed by atoms with E-state index in [1.807, 2.05) is 54.6 Å². The largest absolute Gasteiger partial charge is 0.484 e. The van der Waals surface area contributed by atoms with Crippen LogP contribution in [0.25, 0.3) is 0 Å². The van der Waals surface area contributed by atoms with Crippen molar-refractivity contribution in [3.63, 3.8) is 0 Å². The average molecular weight is 644 g/mol. The van der Waals surface area contributed by atoms with E-state index in [1.54, 1.807) is 36.0 Å². The molecule has 2 aliphatic heterocycles. The summed E-state index contributed by atoms with van der Waals surface area (Å²) >= 11 is 8.81. The Kier molecular flexibility index (Phi) is 6.69. The molecule has 0 radical (unpaired) electrons. The van der Waals surface area contributed by atoms with Gasteiger partial charge in [-0.05, 0) is 78.3 Å². The highest BCUT2D eigenvalue weighted by Crippen LogP contribution is 2.68. The number of para-hydroxylation sites is 1. The Morgan fingerprint density at radius 2 is 1.64 bits per heavy atom. The summed E-state index contributed by atoms with van der Waals surface area (Å²) < 4.78 is 5.77. The van der Waals surface area contributed by atoms with Gasteiger partial charge in [0, 0.05) is 26.8 Å². The molecule has 3 amide bonds. The number of rotatable bonds is 6. The van der Waals surface area contributed by atoms with Crippen LogP contribution in [0.4, 0.5) is 11.4 Å². The molecule has 2 bridgehead atoms. The van der Waals surface area contributed by atoms with Crippen LogP contribution in [0.3, 0.4) is 0 Å². The fraction of sp³-hybridized carbons (Fsp3) is 0.273. The Hall–Kier alpha value is -3.86. The second-order valence-electron chi connectivity index (χ2n) is 11.7. The van der Waals surface area contributed by atoms with Crippen molar-refractivity contribution in [3.8, 4) is 5.75 Å². The molecule has 0 spiro atoms. The maximum atomic E-state index is 13.8. The molecule has 2 aliphatic carbocycles. The molecule has 3 aromatic carbocycles. The number of carbonyl (C=O) groups is 3. The Morgan fingerprint density at radius 3 is 2.36 bits per heavy atom. The quantitative estimate of drug-likeness (QED) is 0.258. The Bertz CT molecular complexity index is 1840. The van der Waals surface area contributed by atoms with Gasteiger partial charge in [0.2, 0.25) is 11.8 Å². The Labute approximate surface area is 265 Å². The molecule has 1 saturated heterocycles. The summed E-state index contributed by atoms with van der Waals surface area (Å²) in [6.45, 7) is -0.156. The van der Waals surface area contributed by atoms with Gasteiger partial charge in [0.25, 0.3) is 5.91 Å². The van der Waals surface area contributed by atoms with Crippen LogP contribution in [0.1, 0.15) is 22.8 Å². The van der Waals surface area contributed by atoms with Gasteiger partial charge < -0.3 is 15.0 Å². The zero-order valence-electron chi connectivity index (χ0n) is 23.1. The van der Waals surface area contributed by atoms with Crippen LogP contribution in [0.15, 0.2) is 88.7 Å². The second-order valence-corrected chi connectivity index (χ2v) is 14.4. The molecule has 8 nitrogen and oxygen atoms in total. The lowest BCUT2D eigenvalue weighted by Gasteiger charge is -2.43. The number of ether oxygens (including phenoxy) is 1. The molecule has 222 valence electrons. The van der Waals surface area contributed by atoms with Crippen LogP contribution in [0.2, 0.25) is 5.02 Å². The minimum atomic E-state index is -0.351. The van der Waals surface area contributed by atoms with Gasteiger partial charge in [-0.2, -0.15) is 0 Å². The van der Waals surface area contributed by atoms with E-state index in [9.17, 15) is 19.2 Å². The number of thioether (sulfide) groups is 1. The number of amides is 3. The second kappa shape index (κ2) is 10.6. The molecule has 1 aromatic heterocycles. The van der Waals surface area contributed by atoms with Gasteiger partial charge in [-0.1, -0.05) is 53.3 Å². The van der Waals surface area contributed by atoms with Crippen molar-refractivity contribution in [3.05, 3.63) is 104 Å². The fourth-order valence-corrected chi connectivity index (χ4v) is 10.9. The van der Waals surface area contributed by atoms with Crippen molar-refractivity contribution < 1.29 is 19.1 Å². The number of carbonyl (C=O) groups excluding carboxylic acids is 3. The van der Waals surface area contributed by atoms with Crippen LogP contribution in [0, 0.1) is 29.6 Å². The zero-order valence-corrected chi connectivity index (χ0v) is 25.5. The lowest BCUT2D eigenvalue weighted by molar-refractivity contribution is -0.123. The first-order valence-electron chi connectivity index (χ1n) is 14.5.